The van der Waals surface area contributed by atoms with Gasteiger partial charge in [0, 0.05) is 18.0 Å². The minimum atomic E-state index is -1.12. The molecule has 1 aromatic carbocycles. The summed E-state index contributed by atoms with van der Waals surface area (Å²) in [6.07, 6.45) is 2.94. The molecule has 0 spiro atoms. The van der Waals surface area contributed by atoms with E-state index in [4.69, 9.17) is 4.74 Å². The number of hydrogen-bond donors (Lipinski definition) is 1. The molecule has 0 bridgehead atoms. The first kappa shape index (κ1) is 15.6. The van der Waals surface area contributed by atoms with Crippen molar-refractivity contribution in [1.29, 1.82) is 0 Å². The maximum atomic E-state index is 13.3. The molecule has 5 nitrogen and oxygen atoms in total. The van der Waals surface area contributed by atoms with Crippen LogP contribution in [0.5, 0.6) is 0 Å². The molecule has 7 heteroatoms. The van der Waals surface area contributed by atoms with Gasteiger partial charge in [-0.25, -0.2) is 13.6 Å². The van der Waals surface area contributed by atoms with Crippen LogP contribution in [0.2, 0.25) is 0 Å². The SMILES string of the molecule is O=C(NCCOC(=O)c1c(F)cccc1F)c1ccncc1. The first-order chi connectivity index (χ1) is 10.6. The second-order valence-corrected chi connectivity index (χ2v) is 4.22. The van der Waals surface area contributed by atoms with Gasteiger partial charge in [0.15, 0.2) is 0 Å². The largest absolute Gasteiger partial charge is 0.460 e. The summed E-state index contributed by atoms with van der Waals surface area (Å²) in [7, 11) is 0. The van der Waals surface area contributed by atoms with Gasteiger partial charge in [-0.15, -0.1) is 0 Å². The number of halogens is 2. The maximum Gasteiger partial charge on any atom is 0.344 e. The number of aromatic nitrogens is 1. The summed E-state index contributed by atoms with van der Waals surface area (Å²) in [4.78, 5) is 27.0. The number of benzene rings is 1. The van der Waals surface area contributed by atoms with Crippen molar-refractivity contribution >= 4 is 11.9 Å². The maximum absolute atomic E-state index is 13.3. The molecule has 22 heavy (non-hydrogen) atoms. The Morgan fingerprint density at radius 2 is 1.73 bits per heavy atom. The Bertz CT molecular complexity index is 657. The predicted molar refractivity (Wildman–Crippen MR) is 73.2 cm³/mol. The molecule has 1 heterocycles. The fraction of sp³-hybridized carbons (Fsp3) is 0.133. The summed E-state index contributed by atoms with van der Waals surface area (Å²) in [6, 6.07) is 6.12. The molecule has 0 saturated heterocycles. The molecule has 0 saturated carbocycles. The zero-order valence-corrected chi connectivity index (χ0v) is 11.4. The van der Waals surface area contributed by atoms with E-state index in [0.29, 0.717) is 5.56 Å². The highest BCUT2D eigenvalue weighted by molar-refractivity contribution is 5.94. The van der Waals surface area contributed by atoms with Gasteiger partial charge in [-0.1, -0.05) is 6.07 Å². The van der Waals surface area contributed by atoms with Crippen LogP contribution in [0.4, 0.5) is 8.78 Å². The number of amides is 1. The third kappa shape index (κ3) is 3.85. The van der Waals surface area contributed by atoms with Crippen molar-refractivity contribution in [3.05, 3.63) is 65.5 Å². The molecule has 0 aliphatic carbocycles. The predicted octanol–water partition coefficient (Wildman–Crippen LogP) is 1.95. The number of hydrogen-bond acceptors (Lipinski definition) is 4. The Hall–Kier alpha value is -2.83. The molecular weight excluding hydrogens is 294 g/mol. The first-order valence-corrected chi connectivity index (χ1v) is 6.39. The molecule has 2 rings (SSSR count). The molecule has 0 fully saturated rings. The lowest BCUT2D eigenvalue weighted by molar-refractivity contribution is 0.0492. The highest BCUT2D eigenvalue weighted by Crippen LogP contribution is 2.13. The second-order valence-electron chi connectivity index (χ2n) is 4.22. The monoisotopic (exact) mass is 306 g/mol. The van der Waals surface area contributed by atoms with Gasteiger partial charge in [0.05, 0.1) is 6.54 Å². The summed E-state index contributed by atoms with van der Waals surface area (Å²) in [5.74, 6) is -3.47. The summed E-state index contributed by atoms with van der Waals surface area (Å²) >= 11 is 0. The highest BCUT2D eigenvalue weighted by Gasteiger charge is 2.18. The third-order valence-corrected chi connectivity index (χ3v) is 2.73. The molecule has 0 aliphatic heterocycles. The molecule has 1 aromatic heterocycles. The number of nitrogens with zero attached hydrogens (tertiary/aromatic N) is 1. The molecule has 1 amide bonds. The fourth-order valence-corrected chi connectivity index (χ4v) is 1.68. The van der Waals surface area contributed by atoms with Crippen LogP contribution in [0, 0.1) is 11.6 Å². The lowest BCUT2D eigenvalue weighted by Crippen LogP contribution is -2.28. The third-order valence-electron chi connectivity index (χ3n) is 2.73. The van der Waals surface area contributed by atoms with Crippen LogP contribution in [0.15, 0.2) is 42.7 Å². The topological polar surface area (TPSA) is 68.3 Å². The van der Waals surface area contributed by atoms with Crippen molar-refractivity contribution < 1.29 is 23.1 Å². The molecule has 0 aliphatic rings. The van der Waals surface area contributed by atoms with E-state index in [0.717, 1.165) is 18.2 Å². The molecule has 1 N–H and O–H groups in total. The standard InChI is InChI=1S/C15H12F2N2O3/c16-11-2-1-3-12(17)13(11)15(21)22-9-8-19-14(20)10-4-6-18-7-5-10/h1-7H,8-9H2,(H,19,20). The zero-order valence-electron chi connectivity index (χ0n) is 11.4. The smallest absolute Gasteiger partial charge is 0.344 e. The van der Waals surface area contributed by atoms with Gasteiger partial charge >= 0.3 is 5.97 Å². The number of nitrogens with one attached hydrogen (secondary N) is 1. The van der Waals surface area contributed by atoms with Crippen LogP contribution in [-0.4, -0.2) is 30.0 Å². The number of carbonyl (C=O) groups is 2. The van der Waals surface area contributed by atoms with Gasteiger partial charge in [-0.3, -0.25) is 9.78 Å². The first-order valence-electron chi connectivity index (χ1n) is 6.39. The lowest BCUT2D eigenvalue weighted by atomic mass is 10.2. The van der Waals surface area contributed by atoms with Crippen molar-refractivity contribution in [2.45, 2.75) is 0 Å². The molecular formula is C15H12F2N2O3. The van der Waals surface area contributed by atoms with Gasteiger partial charge in [-0.2, -0.15) is 0 Å². The average molecular weight is 306 g/mol. The van der Waals surface area contributed by atoms with E-state index in [9.17, 15) is 18.4 Å². The number of ether oxygens (including phenoxy) is 1. The number of rotatable bonds is 5. The number of pyridine rings is 1. The van der Waals surface area contributed by atoms with E-state index < -0.39 is 23.2 Å². The van der Waals surface area contributed by atoms with Crippen LogP contribution in [0.3, 0.4) is 0 Å². The Labute approximate surface area is 124 Å². The molecule has 0 unspecified atom stereocenters. The van der Waals surface area contributed by atoms with Crippen LogP contribution in [-0.2, 0) is 4.74 Å². The van der Waals surface area contributed by atoms with Crippen molar-refractivity contribution in [1.82, 2.24) is 10.3 Å². The minimum Gasteiger partial charge on any atom is -0.460 e. The molecule has 0 radical (unpaired) electrons. The van der Waals surface area contributed by atoms with Gasteiger partial charge in [0.1, 0.15) is 23.8 Å². The minimum absolute atomic E-state index is 0.0168. The molecule has 2 aromatic rings. The Morgan fingerprint density at radius 3 is 2.36 bits per heavy atom. The van der Waals surface area contributed by atoms with E-state index >= 15 is 0 Å². The van der Waals surface area contributed by atoms with E-state index in [1.165, 1.54) is 24.5 Å². The van der Waals surface area contributed by atoms with Crippen molar-refractivity contribution in [3.8, 4) is 0 Å². The van der Waals surface area contributed by atoms with Crippen LogP contribution in [0.25, 0.3) is 0 Å². The summed E-state index contributed by atoms with van der Waals surface area (Å²) in [6.45, 7) is -0.188. The summed E-state index contributed by atoms with van der Waals surface area (Å²) in [5.41, 5.74) is -0.343. The lowest BCUT2D eigenvalue weighted by Gasteiger charge is -2.08. The van der Waals surface area contributed by atoms with Gasteiger partial charge in [0.2, 0.25) is 0 Å². The van der Waals surface area contributed by atoms with E-state index in [1.54, 1.807) is 0 Å². The Balaban J connectivity index is 1.82. The van der Waals surface area contributed by atoms with Crippen molar-refractivity contribution in [3.63, 3.8) is 0 Å². The zero-order chi connectivity index (χ0) is 15.9. The second kappa shape index (κ2) is 7.26. The van der Waals surface area contributed by atoms with Crippen molar-refractivity contribution in [2.75, 3.05) is 13.2 Å². The quantitative estimate of drug-likeness (QED) is 0.677. The van der Waals surface area contributed by atoms with Gasteiger partial charge in [-0.05, 0) is 24.3 Å². The molecule has 0 atom stereocenters. The summed E-state index contributed by atoms with van der Waals surface area (Å²) in [5, 5.41) is 2.50. The van der Waals surface area contributed by atoms with Crippen molar-refractivity contribution in [2.24, 2.45) is 0 Å². The van der Waals surface area contributed by atoms with Gasteiger partial charge < -0.3 is 10.1 Å². The van der Waals surface area contributed by atoms with E-state index in [-0.39, 0.29) is 19.1 Å². The van der Waals surface area contributed by atoms with Crippen LogP contribution < -0.4 is 5.32 Å². The van der Waals surface area contributed by atoms with E-state index in [1.807, 2.05) is 0 Å². The average Bonchev–Trinajstić information content (AvgIpc) is 2.52. The normalized spacial score (nSPS) is 10.1. The van der Waals surface area contributed by atoms with Crippen LogP contribution >= 0.6 is 0 Å². The Morgan fingerprint density at radius 1 is 1.09 bits per heavy atom. The number of esters is 1. The summed E-state index contributed by atoms with van der Waals surface area (Å²) < 4.78 is 31.4. The Kier molecular flexibility index (Phi) is 5.13. The highest BCUT2D eigenvalue weighted by atomic mass is 19.1. The number of carbonyl (C=O) groups excluding carboxylic acids is 2. The van der Waals surface area contributed by atoms with Gasteiger partial charge in [0.25, 0.3) is 5.91 Å². The van der Waals surface area contributed by atoms with Crippen LogP contribution in [0.1, 0.15) is 20.7 Å². The fourth-order valence-electron chi connectivity index (χ4n) is 1.68. The van der Waals surface area contributed by atoms with E-state index in [2.05, 4.69) is 10.3 Å². The molecule has 114 valence electrons.